The van der Waals surface area contributed by atoms with Crippen molar-refractivity contribution in [2.24, 2.45) is 0 Å². The fourth-order valence-corrected chi connectivity index (χ4v) is 3.94. The topological polar surface area (TPSA) is 83.5 Å². The Bertz CT molecular complexity index is 352. The van der Waals surface area contributed by atoms with E-state index in [0.717, 1.165) is 12.8 Å². The van der Waals surface area contributed by atoms with Crippen LogP contribution in [0, 0.1) is 0 Å². The molecular formula is C8H14ClNO4S. The van der Waals surface area contributed by atoms with E-state index in [4.69, 9.17) is 5.11 Å². The molecule has 0 aromatic heterocycles. The van der Waals surface area contributed by atoms with E-state index in [1.165, 1.54) is 0 Å². The summed E-state index contributed by atoms with van der Waals surface area (Å²) in [5.41, 5.74) is 0. The zero-order valence-corrected chi connectivity index (χ0v) is 9.68. The first-order valence-corrected chi connectivity index (χ1v) is 6.31. The lowest BCUT2D eigenvalue weighted by atomic mass is 10.2. The number of hydrogen-bond donors (Lipinski definition) is 2. The van der Waals surface area contributed by atoms with Crippen molar-refractivity contribution in [1.82, 2.24) is 5.32 Å². The number of halogens is 1. The van der Waals surface area contributed by atoms with Crippen LogP contribution in [0.4, 0.5) is 0 Å². The smallest absolute Gasteiger partial charge is 0.320 e. The van der Waals surface area contributed by atoms with Crippen LogP contribution >= 0.6 is 12.4 Å². The van der Waals surface area contributed by atoms with Gasteiger partial charge in [0, 0.05) is 6.54 Å². The number of carboxylic acid groups (broad SMARTS) is 1. The minimum absolute atomic E-state index is 0. The number of sulfone groups is 1. The molecule has 5 nitrogen and oxygen atoms in total. The summed E-state index contributed by atoms with van der Waals surface area (Å²) in [6, 6.07) is -0.687. The van der Waals surface area contributed by atoms with Crippen molar-refractivity contribution in [1.29, 1.82) is 0 Å². The van der Waals surface area contributed by atoms with Gasteiger partial charge in [-0.3, -0.25) is 4.79 Å². The fourth-order valence-electron chi connectivity index (χ4n) is 1.81. The van der Waals surface area contributed by atoms with E-state index >= 15 is 0 Å². The Hall–Kier alpha value is -0.330. The Kier molecular flexibility index (Phi) is 3.63. The predicted molar refractivity (Wildman–Crippen MR) is 57.0 cm³/mol. The van der Waals surface area contributed by atoms with E-state index in [1.54, 1.807) is 0 Å². The highest BCUT2D eigenvalue weighted by atomic mass is 35.5. The molecule has 1 aliphatic heterocycles. The van der Waals surface area contributed by atoms with Crippen LogP contribution in [0.2, 0.25) is 0 Å². The number of rotatable bonds is 3. The van der Waals surface area contributed by atoms with Crippen molar-refractivity contribution in [2.45, 2.75) is 35.8 Å². The molecule has 2 rings (SSSR count). The third kappa shape index (κ3) is 2.43. The average Bonchev–Trinajstić information content (AvgIpc) is 2.82. The van der Waals surface area contributed by atoms with Gasteiger partial charge in [-0.1, -0.05) is 0 Å². The van der Waals surface area contributed by atoms with Crippen LogP contribution in [0.5, 0.6) is 0 Å². The highest BCUT2D eigenvalue weighted by molar-refractivity contribution is 7.93. The highest BCUT2D eigenvalue weighted by Crippen LogP contribution is 2.33. The van der Waals surface area contributed by atoms with Gasteiger partial charge >= 0.3 is 5.97 Å². The Labute approximate surface area is 94.6 Å². The first-order chi connectivity index (χ1) is 6.51. The first-order valence-electron chi connectivity index (χ1n) is 4.70. The lowest BCUT2D eigenvalue weighted by Gasteiger charge is -2.08. The van der Waals surface area contributed by atoms with Crippen LogP contribution < -0.4 is 5.32 Å². The van der Waals surface area contributed by atoms with Gasteiger partial charge in [0.05, 0.1) is 10.5 Å². The maximum Gasteiger partial charge on any atom is 0.320 e. The third-order valence-electron chi connectivity index (χ3n) is 2.84. The van der Waals surface area contributed by atoms with E-state index in [2.05, 4.69) is 5.32 Å². The van der Waals surface area contributed by atoms with Crippen molar-refractivity contribution in [3.63, 3.8) is 0 Å². The largest absolute Gasteiger partial charge is 0.480 e. The van der Waals surface area contributed by atoms with Gasteiger partial charge in [-0.05, 0) is 19.3 Å². The van der Waals surface area contributed by atoms with Crippen LogP contribution in [-0.2, 0) is 14.6 Å². The van der Waals surface area contributed by atoms with Crippen LogP contribution in [0.25, 0.3) is 0 Å². The van der Waals surface area contributed by atoms with Crippen LogP contribution in [0.3, 0.4) is 0 Å². The molecule has 88 valence electrons. The maximum absolute atomic E-state index is 11.7. The molecule has 15 heavy (non-hydrogen) atoms. The predicted octanol–water partition coefficient (Wildman–Crippen LogP) is -0.199. The van der Waals surface area contributed by atoms with Gasteiger partial charge in [-0.2, -0.15) is 0 Å². The molecule has 2 atom stereocenters. The number of hydrogen-bond acceptors (Lipinski definition) is 4. The number of nitrogens with one attached hydrogen (secondary N) is 1. The molecule has 1 aliphatic carbocycles. The molecule has 2 N–H and O–H groups in total. The summed E-state index contributed by atoms with van der Waals surface area (Å²) >= 11 is 0. The highest BCUT2D eigenvalue weighted by Gasteiger charge is 2.45. The molecule has 0 amide bonds. The third-order valence-corrected chi connectivity index (χ3v) is 5.53. The lowest BCUT2D eigenvalue weighted by molar-refractivity contribution is -0.139. The Balaban J connectivity index is 0.00000112. The SMILES string of the molecule is Cl.O=C(O)[C@@H]1C[C@@H](S(=O)(=O)C2CC2)CN1. The monoisotopic (exact) mass is 255 g/mol. The lowest BCUT2D eigenvalue weighted by Crippen LogP contribution is -2.30. The van der Waals surface area contributed by atoms with Crippen molar-refractivity contribution < 1.29 is 18.3 Å². The summed E-state index contributed by atoms with van der Waals surface area (Å²) in [5, 5.41) is 10.7. The van der Waals surface area contributed by atoms with Gasteiger partial charge in [0.15, 0.2) is 9.84 Å². The summed E-state index contributed by atoms with van der Waals surface area (Å²) in [4.78, 5) is 10.6. The quantitative estimate of drug-likeness (QED) is 0.730. The zero-order chi connectivity index (χ0) is 10.3. The molecule has 0 unspecified atom stereocenters. The van der Waals surface area contributed by atoms with E-state index in [1.807, 2.05) is 0 Å². The van der Waals surface area contributed by atoms with Gasteiger partial charge in [-0.15, -0.1) is 12.4 Å². The molecule has 2 fully saturated rings. The molecule has 0 bridgehead atoms. The molecule has 0 spiro atoms. The first kappa shape index (κ1) is 12.7. The minimum atomic E-state index is -3.06. The second-order valence-electron chi connectivity index (χ2n) is 3.95. The molecular weight excluding hydrogens is 242 g/mol. The van der Waals surface area contributed by atoms with Crippen molar-refractivity contribution in [3.05, 3.63) is 0 Å². The number of aliphatic carboxylic acids is 1. The molecule has 0 aromatic rings. The molecule has 1 saturated heterocycles. The van der Waals surface area contributed by atoms with Crippen LogP contribution in [0.15, 0.2) is 0 Å². The van der Waals surface area contributed by atoms with Gasteiger partial charge in [0.2, 0.25) is 0 Å². The summed E-state index contributed by atoms with van der Waals surface area (Å²) in [5.74, 6) is -0.960. The van der Waals surface area contributed by atoms with Gasteiger partial charge < -0.3 is 10.4 Å². The zero-order valence-electron chi connectivity index (χ0n) is 8.05. The molecule has 0 aromatic carbocycles. The Morgan fingerprint density at radius 1 is 1.27 bits per heavy atom. The van der Waals surface area contributed by atoms with Crippen molar-refractivity contribution >= 4 is 28.2 Å². The maximum atomic E-state index is 11.7. The molecule has 7 heteroatoms. The van der Waals surface area contributed by atoms with Gasteiger partial charge in [0.25, 0.3) is 0 Å². The van der Waals surface area contributed by atoms with Gasteiger partial charge in [-0.25, -0.2) is 8.42 Å². The second-order valence-corrected chi connectivity index (χ2v) is 6.46. The summed E-state index contributed by atoms with van der Waals surface area (Å²) in [6.45, 7) is 0.288. The average molecular weight is 256 g/mol. The van der Waals surface area contributed by atoms with Crippen LogP contribution in [0.1, 0.15) is 19.3 Å². The molecule has 2 aliphatic rings. The van der Waals surface area contributed by atoms with E-state index in [9.17, 15) is 13.2 Å². The second kappa shape index (κ2) is 4.27. The van der Waals surface area contributed by atoms with E-state index < -0.39 is 27.1 Å². The fraction of sp³-hybridized carbons (Fsp3) is 0.875. The summed E-state index contributed by atoms with van der Waals surface area (Å²) < 4.78 is 23.5. The molecule has 1 heterocycles. The Morgan fingerprint density at radius 2 is 1.87 bits per heavy atom. The molecule has 1 saturated carbocycles. The summed E-state index contributed by atoms with van der Waals surface area (Å²) in [7, 11) is -3.06. The van der Waals surface area contributed by atoms with Gasteiger partial charge in [0.1, 0.15) is 6.04 Å². The Morgan fingerprint density at radius 3 is 2.27 bits per heavy atom. The standard InChI is InChI=1S/C8H13NO4S.ClH/c10-8(11)7-3-6(4-9-7)14(12,13)5-1-2-5;/h5-7,9H,1-4H2,(H,10,11);1H/t6-,7+;/m1./s1. The van der Waals surface area contributed by atoms with E-state index in [0.29, 0.717) is 0 Å². The summed E-state index contributed by atoms with van der Waals surface area (Å²) in [6.07, 6.45) is 1.71. The number of carbonyl (C=O) groups is 1. The minimum Gasteiger partial charge on any atom is -0.480 e. The van der Waals surface area contributed by atoms with Crippen LogP contribution in [-0.4, -0.2) is 42.6 Å². The van der Waals surface area contributed by atoms with Crippen molar-refractivity contribution in [3.8, 4) is 0 Å². The van der Waals surface area contributed by atoms with Crippen molar-refractivity contribution in [2.75, 3.05) is 6.54 Å². The normalized spacial score (nSPS) is 30.9. The number of carboxylic acids is 1. The molecule has 0 radical (unpaired) electrons. The van der Waals surface area contributed by atoms with E-state index in [-0.39, 0.29) is 30.6 Å².